The van der Waals surface area contributed by atoms with Gasteiger partial charge < -0.3 is 15.5 Å². The van der Waals surface area contributed by atoms with E-state index in [-0.39, 0.29) is 53.8 Å². The van der Waals surface area contributed by atoms with Crippen LogP contribution in [0.4, 0.5) is 4.39 Å². The zero-order valence-electron chi connectivity index (χ0n) is 18.5. The molecule has 1 aromatic rings. The quantitative estimate of drug-likeness (QED) is 0.728. The van der Waals surface area contributed by atoms with E-state index in [4.69, 9.17) is 5.73 Å². The van der Waals surface area contributed by atoms with Gasteiger partial charge in [0, 0.05) is 25.2 Å². The molecule has 1 aliphatic carbocycles. The van der Waals surface area contributed by atoms with Crippen molar-refractivity contribution in [3.05, 3.63) is 35.6 Å². The number of piperazine rings is 1. The fraction of sp³-hybridized carbons (Fsp3) is 0.625. The summed E-state index contributed by atoms with van der Waals surface area (Å²) < 4.78 is 13.4. The number of piperidine rings is 1. The molecule has 4 fully saturated rings. The van der Waals surface area contributed by atoms with Crippen LogP contribution in [0, 0.1) is 29.0 Å². The highest BCUT2D eigenvalue weighted by Gasteiger charge is 2.56. The van der Waals surface area contributed by atoms with Gasteiger partial charge in [0.2, 0.25) is 11.8 Å². The molecule has 1 saturated carbocycles. The van der Waals surface area contributed by atoms with Crippen molar-refractivity contribution in [1.82, 2.24) is 14.7 Å². The van der Waals surface area contributed by atoms with E-state index >= 15 is 0 Å². The van der Waals surface area contributed by atoms with Crippen molar-refractivity contribution < 1.29 is 14.0 Å². The Labute approximate surface area is 187 Å². The van der Waals surface area contributed by atoms with E-state index in [0.29, 0.717) is 19.0 Å². The number of likely N-dealkylation sites (tertiary alicyclic amines) is 3. The molecule has 0 spiro atoms. The number of fused-ring (bicyclic) bond motifs is 3. The predicted molar refractivity (Wildman–Crippen MR) is 115 cm³/mol. The molecule has 0 radical (unpaired) electrons. The number of nitrogens with two attached hydrogens (primary N) is 1. The first-order valence-electron chi connectivity index (χ1n) is 11.6. The van der Waals surface area contributed by atoms with Gasteiger partial charge in [0.1, 0.15) is 11.9 Å². The van der Waals surface area contributed by atoms with Gasteiger partial charge in [0.25, 0.3) is 0 Å². The third-order valence-corrected chi connectivity index (χ3v) is 7.71. The van der Waals surface area contributed by atoms with E-state index in [1.807, 2.05) is 9.80 Å². The number of benzene rings is 1. The first kappa shape index (κ1) is 21.4. The highest BCUT2D eigenvalue weighted by atomic mass is 19.1. The van der Waals surface area contributed by atoms with Gasteiger partial charge in [0.05, 0.1) is 24.2 Å². The molecule has 170 valence electrons. The largest absolute Gasteiger partial charge is 0.330 e. The van der Waals surface area contributed by atoms with Crippen LogP contribution < -0.4 is 5.73 Å². The minimum absolute atomic E-state index is 0.0544. The molecule has 1 unspecified atom stereocenters. The van der Waals surface area contributed by atoms with E-state index in [9.17, 15) is 19.2 Å². The Bertz CT molecular complexity index is 960. The molecular formula is C24H30FN5O2. The van der Waals surface area contributed by atoms with Gasteiger partial charge in [-0.2, -0.15) is 5.26 Å². The lowest BCUT2D eigenvalue weighted by atomic mass is 9.93. The number of amides is 2. The molecule has 3 aliphatic heterocycles. The maximum Gasteiger partial charge on any atom is 0.242 e. The van der Waals surface area contributed by atoms with Crippen molar-refractivity contribution in [3.8, 4) is 6.07 Å². The molecule has 2 N–H and O–H groups in total. The van der Waals surface area contributed by atoms with Crippen LogP contribution >= 0.6 is 0 Å². The molecule has 5 rings (SSSR count). The number of hydrogen-bond donors (Lipinski definition) is 1. The average Bonchev–Trinajstić information content (AvgIpc) is 3.10. The molecule has 4 aliphatic rings. The lowest BCUT2D eigenvalue weighted by Crippen LogP contribution is -2.57. The van der Waals surface area contributed by atoms with E-state index in [1.54, 1.807) is 17.0 Å². The molecular weight excluding hydrogens is 409 g/mol. The highest BCUT2D eigenvalue weighted by Crippen LogP contribution is 2.48. The fourth-order valence-corrected chi connectivity index (χ4v) is 6.19. The maximum atomic E-state index is 13.4. The Balaban J connectivity index is 1.27. The molecule has 32 heavy (non-hydrogen) atoms. The van der Waals surface area contributed by atoms with Crippen LogP contribution in [-0.2, 0) is 9.59 Å². The molecule has 3 heterocycles. The van der Waals surface area contributed by atoms with Gasteiger partial charge in [-0.25, -0.2) is 4.39 Å². The summed E-state index contributed by atoms with van der Waals surface area (Å²) in [6.45, 7) is 5.16. The van der Waals surface area contributed by atoms with E-state index in [1.165, 1.54) is 12.1 Å². The van der Waals surface area contributed by atoms with E-state index in [2.05, 4.69) is 19.9 Å². The van der Waals surface area contributed by atoms with Crippen LogP contribution in [0.5, 0.6) is 0 Å². The van der Waals surface area contributed by atoms with Crippen molar-refractivity contribution in [2.24, 2.45) is 17.6 Å². The van der Waals surface area contributed by atoms with E-state index < -0.39 is 6.04 Å². The van der Waals surface area contributed by atoms with Crippen LogP contribution in [0.2, 0.25) is 0 Å². The van der Waals surface area contributed by atoms with Gasteiger partial charge in [-0.1, -0.05) is 26.0 Å². The zero-order chi connectivity index (χ0) is 22.7. The first-order valence-corrected chi connectivity index (χ1v) is 11.6. The summed E-state index contributed by atoms with van der Waals surface area (Å²) in [5.74, 6) is 0.241. The summed E-state index contributed by atoms with van der Waals surface area (Å²) >= 11 is 0. The standard InChI is InChI=1S/C24H30FN5O2/c1-13(2)22(14-3-5-16(25)6-4-14)30-18-9-21(24(30)32)28(11-18)12-19(27)23(31)29-17(10-26)7-15-8-20(15)29/h3-6,13,15,17-22H,7-9,11-12,27H2,1-2H3/t15-,17+,18?,19+,20+,21-,22+/m1/s1. The molecule has 8 heteroatoms. The Morgan fingerprint density at radius 2 is 1.97 bits per heavy atom. The second-order valence-electron chi connectivity index (χ2n) is 10.1. The number of carbonyl (C=O) groups is 2. The Kier molecular flexibility index (Phi) is 5.22. The topological polar surface area (TPSA) is 93.7 Å². The van der Waals surface area contributed by atoms with Crippen molar-refractivity contribution in [2.45, 2.75) is 69.4 Å². The number of halogens is 1. The summed E-state index contributed by atoms with van der Waals surface area (Å²) in [6, 6.07) is 7.39. The molecule has 7 atom stereocenters. The van der Waals surface area contributed by atoms with Crippen LogP contribution in [0.25, 0.3) is 0 Å². The second kappa shape index (κ2) is 7.82. The highest BCUT2D eigenvalue weighted by molar-refractivity contribution is 5.87. The van der Waals surface area contributed by atoms with Gasteiger partial charge in [-0.3, -0.25) is 14.5 Å². The molecule has 0 aromatic heterocycles. The van der Waals surface area contributed by atoms with Gasteiger partial charge >= 0.3 is 0 Å². The van der Waals surface area contributed by atoms with Gasteiger partial charge in [-0.15, -0.1) is 0 Å². The number of hydrogen-bond acceptors (Lipinski definition) is 5. The summed E-state index contributed by atoms with van der Waals surface area (Å²) in [5.41, 5.74) is 7.24. The van der Waals surface area contributed by atoms with Crippen LogP contribution in [0.15, 0.2) is 24.3 Å². The number of rotatable bonds is 6. The average molecular weight is 440 g/mol. The Morgan fingerprint density at radius 3 is 2.59 bits per heavy atom. The molecule has 7 nitrogen and oxygen atoms in total. The van der Waals surface area contributed by atoms with Gasteiger partial charge in [-0.05, 0) is 48.8 Å². The second-order valence-corrected chi connectivity index (χ2v) is 10.1. The Morgan fingerprint density at radius 1 is 1.25 bits per heavy atom. The van der Waals surface area contributed by atoms with Crippen molar-refractivity contribution in [2.75, 3.05) is 13.1 Å². The van der Waals surface area contributed by atoms with Gasteiger partial charge in [0.15, 0.2) is 0 Å². The molecule has 3 saturated heterocycles. The molecule has 2 bridgehead atoms. The summed E-state index contributed by atoms with van der Waals surface area (Å²) in [5, 5.41) is 9.38. The summed E-state index contributed by atoms with van der Waals surface area (Å²) in [4.78, 5) is 32.1. The minimum atomic E-state index is -0.733. The molecule has 1 aromatic carbocycles. The third kappa shape index (κ3) is 3.39. The van der Waals surface area contributed by atoms with Crippen LogP contribution in [0.3, 0.4) is 0 Å². The smallest absolute Gasteiger partial charge is 0.242 e. The zero-order valence-corrected chi connectivity index (χ0v) is 18.5. The fourth-order valence-electron chi connectivity index (χ4n) is 6.19. The van der Waals surface area contributed by atoms with Crippen molar-refractivity contribution in [1.29, 1.82) is 5.26 Å². The van der Waals surface area contributed by atoms with Crippen molar-refractivity contribution in [3.63, 3.8) is 0 Å². The summed E-state index contributed by atoms with van der Waals surface area (Å²) in [7, 11) is 0. The lowest BCUT2D eigenvalue weighted by Gasteiger charge is -2.41. The van der Waals surface area contributed by atoms with E-state index in [0.717, 1.165) is 24.8 Å². The van der Waals surface area contributed by atoms with Crippen molar-refractivity contribution >= 4 is 11.8 Å². The Hall–Kier alpha value is -2.50. The third-order valence-electron chi connectivity index (χ3n) is 7.71. The number of carbonyl (C=O) groups excluding carboxylic acids is 2. The minimum Gasteiger partial charge on any atom is -0.330 e. The number of nitriles is 1. The predicted octanol–water partition coefficient (Wildman–Crippen LogP) is 1.65. The molecule has 2 amide bonds. The maximum absolute atomic E-state index is 13.4. The van der Waals surface area contributed by atoms with Crippen LogP contribution in [-0.4, -0.2) is 69.8 Å². The van der Waals surface area contributed by atoms with Crippen LogP contribution in [0.1, 0.15) is 44.7 Å². The lowest BCUT2D eigenvalue weighted by molar-refractivity contribution is -0.142. The monoisotopic (exact) mass is 439 g/mol. The first-order chi connectivity index (χ1) is 15.3. The number of nitrogens with zero attached hydrogens (tertiary/aromatic N) is 4. The SMILES string of the molecule is CC(C)[C@@H](c1ccc(F)cc1)N1C(=O)[C@H]2CC1CN2C[C@H](N)C(=O)N1[C@H](C#N)C[C@@H]2C[C@@H]21. The normalized spacial score (nSPS) is 32.9. The summed E-state index contributed by atoms with van der Waals surface area (Å²) in [6.07, 6.45) is 2.44.